The Balaban J connectivity index is 1.64. The van der Waals surface area contributed by atoms with Crippen LogP contribution in [0, 0.1) is 0 Å². The first-order chi connectivity index (χ1) is 13.6. The van der Waals surface area contributed by atoms with Crippen molar-refractivity contribution in [2.75, 3.05) is 11.9 Å². The molecule has 1 aromatic heterocycles. The van der Waals surface area contributed by atoms with E-state index in [4.69, 9.17) is 4.74 Å². The molecule has 0 aliphatic carbocycles. The fraction of sp³-hybridized carbons (Fsp3) is 0.300. The minimum Gasteiger partial charge on any atom is -0.494 e. The molecule has 0 bridgehead atoms. The normalized spacial score (nSPS) is 11.8. The van der Waals surface area contributed by atoms with Crippen molar-refractivity contribution in [3.8, 4) is 5.75 Å². The van der Waals surface area contributed by atoms with Gasteiger partial charge in [-0.2, -0.15) is 0 Å². The molecule has 0 fully saturated rings. The molecular weight excluding hydrogens is 358 g/mol. The molecule has 0 unspecified atom stereocenters. The number of nitrogens with zero attached hydrogens (tertiary/aromatic N) is 3. The second kappa shape index (κ2) is 8.98. The van der Waals surface area contributed by atoms with E-state index >= 15 is 0 Å². The lowest BCUT2D eigenvalue weighted by Crippen LogP contribution is -2.42. The Bertz CT molecular complexity index is 1000. The van der Waals surface area contributed by atoms with E-state index in [1.54, 1.807) is 42.5 Å². The van der Waals surface area contributed by atoms with Crippen LogP contribution in [0.1, 0.15) is 20.3 Å². The van der Waals surface area contributed by atoms with Gasteiger partial charge in [0.1, 0.15) is 11.3 Å². The van der Waals surface area contributed by atoms with E-state index in [1.165, 1.54) is 4.68 Å². The van der Waals surface area contributed by atoms with Crippen LogP contribution < -0.4 is 20.9 Å². The third-order valence-corrected chi connectivity index (χ3v) is 4.27. The average molecular weight is 381 g/mol. The maximum Gasteiger partial charge on any atom is 0.319 e. The van der Waals surface area contributed by atoms with Gasteiger partial charge < -0.3 is 15.4 Å². The largest absolute Gasteiger partial charge is 0.494 e. The Labute approximate surface area is 162 Å². The Morgan fingerprint density at radius 2 is 1.89 bits per heavy atom. The number of carbonyl (C=O) groups excluding carboxylic acids is 1. The fourth-order valence-corrected chi connectivity index (χ4v) is 2.78. The average Bonchev–Trinajstić information content (AvgIpc) is 2.71. The van der Waals surface area contributed by atoms with Gasteiger partial charge in [-0.1, -0.05) is 24.3 Å². The highest BCUT2D eigenvalue weighted by molar-refractivity contribution is 5.89. The minimum atomic E-state index is -0.349. The molecule has 0 radical (unpaired) electrons. The minimum absolute atomic E-state index is 0.224. The molecule has 0 aliphatic rings. The summed E-state index contributed by atoms with van der Waals surface area (Å²) in [4.78, 5) is 24.9. The van der Waals surface area contributed by atoms with Crippen LogP contribution in [0.4, 0.5) is 10.5 Å². The fourth-order valence-electron chi connectivity index (χ4n) is 2.78. The third kappa shape index (κ3) is 4.64. The van der Waals surface area contributed by atoms with Crippen molar-refractivity contribution in [2.45, 2.75) is 32.9 Å². The predicted octanol–water partition coefficient (Wildman–Crippen LogP) is 2.79. The monoisotopic (exact) mass is 381 g/mol. The summed E-state index contributed by atoms with van der Waals surface area (Å²) in [5.74, 6) is 0.745. The third-order valence-electron chi connectivity index (χ3n) is 4.27. The second-order valence-electron chi connectivity index (χ2n) is 6.25. The SMILES string of the molecule is CCOc1ccc(NC(=O)N[C@H](CC)Cn2nnc3ccccc3c2=O)cc1. The van der Waals surface area contributed by atoms with Crippen molar-refractivity contribution < 1.29 is 9.53 Å². The van der Waals surface area contributed by atoms with Crippen LogP contribution >= 0.6 is 0 Å². The Morgan fingerprint density at radius 3 is 2.61 bits per heavy atom. The number of rotatable bonds is 7. The number of nitrogens with one attached hydrogen (secondary N) is 2. The number of urea groups is 1. The number of hydrogen-bond donors (Lipinski definition) is 2. The van der Waals surface area contributed by atoms with E-state index in [1.807, 2.05) is 19.9 Å². The van der Waals surface area contributed by atoms with E-state index in [2.05, 4.69) is 20.9 Å². The number of anilines is 1. The molecule has 0 saturated carbocycles. The molecule has 2 N–H and O–H groups in total. The molecule has 1 atom stereocenters. The number of benzene rings is 2. The highest BCUT2D eigenvalue weighted by Crippen LogP contribution is 2.15. The van der Waals surface area contributed by atoms with E-state index in [0.717, 1.165) is 5.75 Å². The second-order valence-corrected chi connectivity index (χ2v) is 6.25. The highest BCUT2D eigenvalue weighted by Gasteiger charge is 2.14. The summed E-state index contributed by atoms with van der Waals surface area (Å²) in [7, 11) is 0. The number of hydrogen-bond acceptors (Lipinski definition) is 5. The Hall–Kier alpha value is -3.42. The first kappa shape index (κ1) is 19.3. The summed E-state index contributed by atoms with van der Waals surface area (Å²) in [5.41, 5.74) is 0.981. The number of amides is 2. The zero-order valence-electron chi connectivity index (χ0n) is 15.9. The van der Waals surface area contributed by atoms with Crippen molar-refractivity contribution in [1.29, 1.82) is 0 Å². The zero-order chi connectivity index (χ0) is 19.9. The van der Waals surface area contributed by atoms with Gasteiger partial charge in [0.2, 0.25) is 0 Å². The van der Waals surface area contributed by atoms with Gasteiger partial charge in [0.05, 0.1) is 24.6 Å². The lowest BCUT2D eigenvalue weighted by molar-refractivity contribution is 0.245. The van der Waals surface area contributed by atoms with Gasteiger partial charge in [0.25, 0.3) is 5.56 Å². The molecule has 3 rings (SSSR count). The van der Waals surface area contributed by atoms with E-state index < -0.39 is 0 Å². The predicted molar refractivity (Wildman–Crippen MR) is 108 cm³/mol. The van der Waals surface area contributed by atoms with Crippen LogP contribution in [0.3, 0.4) is 0 Å². The molecule has 1 heterocycles. The molecule has 28 heavy (non-hydrogen) atoms. The van der Waals surface area contributed by atoms with Crippen LogP contribution in [0.25, 0.3) is 10.9 Å². The first-order valence-electron chi connectivity index (χ1n) is 9.23. The molecule has 8 heteroatoms. The van der Waals surface area contributed by atoms with Crippen molar-refractivity contribution >= 4 is 22.6 Å². The summed E-state index contributed by atoms with van der Waals surface area (Å²) < 4.78 is 6.67. The first-order valence-corrected chi connectivity index (χ1v) is 9.23. The van der Waals surface area contributed by atoms with Gasteiger partial charge in [0, 0.05) is 5.69 Å². The molecule has 2 amide bonds. The molecule has 0 aliphatic heterocycles. The number of carbonyl (C=O) groups is 1. The van der Waals surface area contributed by atoms with E-state index in [9.17, 15) is 9.59 Å². The van der Waals surface area contributed by atoms with E-state index in [-0.39, 0.29) is 24.2 Å². The summed E-state index contributed by atoms with van der Waals surface area (Å²) in [6, 6.07) is 13.6. The van der Waals surface area contributed by atoms with Crippen molar-refractivity contribution in [3.63, 3.8) is 0 Å². The smallest absolute Gasteiger partial charge is 0.319 e. The van der Waals surface area contributed by atoms with Crippen LogP contribution in [-0.4, -0.2) is 33.7 Å². The molecule has 3 aromatic rings. The lowest BCUT2D eigenvalue weighted by atomic mass is 10.2. The van der Waals surface area contributed by atoms with Crippen LogP contribution in [-0.2, 0) is 6.54 Å². The van der Waals surface area contributed by atoms with Crippen molar-refractivity contribution in [3.05, 3.63) is 58.9 Å². The molecule has 146 valence electrons. The number of ether oxygens (including phenoxy) is 1. The quantitative estimate of drug-likeness (QED) is 0.656. The molecule has 0 spiro atoms. The summed E-state index contributed by atoms with van der Waals surface area (Å²) in [5, 5.41) is 14.2. The lowest BCUT2D eigenvalue weighted by Gasteiger charge is -2.18. The Kier molecular flexibility index (Phi) is 6.21. The maximum absolute atomic E-state index is 12.6. The maximum atomic E-state index is 12.6. The number of aromatic nitrogens is 3. The van der Waals surface area contributed by atoms with Gasteiger partial charge in [-0.05, 0) is 49.7 Å². The van der Waals surface area contributed by atoms with E-state index in [0.29, 0.717) is 29.6 Å². The van der Waals surface area contributed by atoms with Crippen LogP contribution in [0.2, 0.25) is 0 Å². The molecule has 2 aromatic carbocycles. The topological polar surface area (TPSA) is 98.1 Å². The Morgan fingerprint density at radius 1 is 1.14 bits per heavy atom. The summed E-state index contributed by atoms with van der Waals surface area (Å²) >= 11 is 0. The zero-order valence-corrected chi connectivity index (χ0v) is 15.9. The van der Waals surface area contributed by atoms with Gasteiger partial charge in [-0.15, -0.1) is 5.10 Å². The van der Waals surface area contributed by atoms with Crippen LogP contribution in [0.15, 0.2) is 53.3 Å². The van der Waals surface area contributed by atoms with Crippen molar-refractivity contribution in [1.82, 2.24) is 20.3 Å². The van der Waals surface area contributed by atoms with Gasteiger partial charge in [-0.25, -0.2) is 9.48 Å². The molecular formula is C20H23N5O3. The highest BCUT2D eigenvalue weighted by atomic mass is 16.5. The van der Waals surface area contributed by atoms with Crippen molar-refractivity contribution in [2.24, 2.45) is 0 Å². The van der Waals surface area contributed by atoms with Crippen LogP contribution in [0.5, 0.6) is 5.75 Å². The number of fused-ring (bicyclic) bond motifs is 1. The summed E-state index contributed by atoms with van der Waals surface area (Å²) in [6.07, 6.45) is 0.637. The summed E-state index contributed by atoms with van der Waals surface area (Å²) in [6.45, 7) is 4.67. The van der Waals surface area contributed by atoms with Gasteiger partial charge in [-0.3, -0.25) is 4.79 Å². The van der Waals surface area contributed by atoms with Gasteiger partial charge in [0.15, 0.2) is 0 Å². The molecule has 0 saturated heterocycles. The van der Waals surface area contributed by atoms with Gasteiger partial charge >= 0.3 is 6.03 Å². The standard InChI is InChI=1S/C20H23N5O3/c1-3-14(13-25-19(26)17-7-5-6-8-18(17)23-24-25)21-20(27)22-15-9-11-16(12-10-15)28-4-2/h5-12,14H,3-4,13H2,1-2H3,(H2,21,22,27)/t14-/m1/s1. The molecule has 8 nitrogen and oxygen atoms in total.